The molecule has 2 aromatic rings. The van der Waals surface area contributed by atoms with Crippen LogP contribution < -0.4 is 11.5 Å². The van der Waals surface area contributed by atoms with Crippen molar-refractivity contribution in [2.45, 2.75) is 18.9 Å². The Balaban J connectivity index is 2.27. The average molecular weight is 217 g/mol. The van der Waals surface area contributed by atoms with E-state index in [1.807, 2.05) is 0 Å². The molecule has 2 rings (SSSR count). The minimum atomic E-state index is 0.160. The minimum absolute atomic E-state index is 0.160. The highest BCUT2D eigenvalue weighted by Gasteiger charge is 2.08. The Morgan fingerprint density at radius 1 is 1.31 bits per heavy atom. The Kier molecular flexibility index (Phi) is 3.27. The highest BCUT2D eigenvalue weighted by atomic mass is 14.9. The molecule has 0 aliphatic heterocycles. The van der Waals surface area contributed by atoms with Gasteiger partial charge in [-0.25, -0.2) is 0 Å². The van der Waals surface area contributed by atoms with Crippen LogP contribution in [0.1, 0.15) is 12.1 Å². The molecule has 0 amide bonds. The molecule has 0 saturated heterocycles. The van der Waals surface area contributed by atoms with Gasteiger partial charge < -0.3 is 16.0 Å². The van der Waals surface area contributed by atoms with Gasteiger partial charge in [0.2, 0.25) is 0 Å². The topological polar surface area (TPSA) is 57.0 Å². The van der Waals surface area contributed by atoms with Crippen LogP contribution in [0, 0.1) is 0 Å². The summed E-state index contributed by atoms with van der Waals surface area (Å²) in [5, 5.41) is 1.28. The van der Waals surface area contributed by atoms with Crippen LogP contribution in [0.15, 0.2) is 30.3 Å². The number of nitrogens with zero attached hydrogens (tertiary/aromatic N) is 1. The van der Waals surface area contributed by atoms with E-state index >= 15 is 0 Å². The quantitative estimate of drug-likeness (QED) is 0.813. The fourth-order valence-corrected chi connectivity index (χ4v) is 2.13. The van der Waals surface area contributed by atoms with Crippen molar-refractivity contribution in [3.8, 4) is 0 Å². The maximum Gasteiger partial charge on any atom is 0.0479 e. The molecule has 0 aliphatic rings. The first-order valence-electron chi connectivity index (χ1n) is 5.71. The predicted molar refractivity (Wildman–Crippen MR) is 68.3 cm³/mol. The monoisotopic (exact) mass is 217 g/mol. The fraction of sp³-hybridized carbons (Fsp3) is 0.385. The number of rotatable bonds is 4. The van der Waals surface area contributed by atoms with Crippen LogP contribution in [-0.4, -0.2) is 17.2 Å². The third-order valence-electron chi connectivity index (χ3n) is 3.06. The Morgan fingerprint density at radius 3 is 2.75 bits per heavy atom. The largest absolute Gasteiger partial charge is 0.348 e. The van der Waals surface area contributed by atoms with Gasteiger partial charge >= 0.3 is 0 Å². The average Bonchev–Trinajstić information content (AvgIpc) is 2.57. The molecule has 1 heterocycles. The van der Waals surface area contributed by atoms with Gasteiger partial charge in [-0.3, -0.25) is 0 Å². The lowest BCUT2D eigenvalue weighted by atomic mass is 10.1. The fourth-order valence-electron chi connectivity index (χ4n) is 2.13. The van der Waals surface area contributed by atoms with Crippen molar-refractivity contribution < 1.29 is 0 Å². The molecule has 1 unspecified atom stereocenters. The van der Waals surface area contributed by atoms with Crippen molar-refractivity contribution in [1.82, 2.24) is 4.57 Å². The molecular weight excluding hydrogens is 198 g/mol. The van der Waals surface area contributed by atoms with Crippen molar-refractivity contribution in [2.24, 2.45) is 18.5 Å². The maximum absolute atomic E-state index is 6.01. The predicted octanol–water partition coefficient (Wildman–Crippen LogP) is 1.40. The van der Waals surface area contributed by atoms with E-state index in [0.29, 0.717) is 6.54 Å². The smallest absolute Gasteiger partial charge is 0.0479 e. The van der Waals surface area contributed by atoms with Gasteiger partial charge in [-0.2, -0.15) is 0 Å². The minimum Gasteiger partial charge on any atom is -0.348 e. The second-order valence-corrected chi connectivity index (χ2v) is 4.30. The van der Waals surface area contributed by atoms with Crippen molar-refractivity contribution in [1.29, 1.82) is 0 Å². The summed E-state index contributed by atoms with van der Waals surface area (Å²) < 4.78 is 2.21. The SMILES string of the molecule is Cn1c(CC(N)CCN)cc2ccccc21. The molecule has 4 N–H and O–H groups in total. The maximum atomic E-state index is 6.01. The number of aromatic nitrogens is 1. The van der Waals surface area contributed by atoms with E-state index in [4.69, 9.17) is 11.5 Å². The van der Waals surface area contributed by atoms with E-state index in [-0.39, 0.29) is 6.04 Å². The van der Waals surface area contributed by atoms with Gasteiger partial charge in [0.1, 0.15) is 0 Å². The van der Waals surface area contributed by atoms with E-state index in [9.17, 15) is 0 Å². The lowest BCUT2D eigenvalue weighted by Gasteiger charge is -2.10. The van der Waals surface area contributed by atoms with Crippen LogP contribution in [0.4, 0.5) is 0 Å². The molecule has 3 heteroatoms. The Labute approximate surface area is 96.0 Å². The second-order valence-electron chi connectivity index (χ2n) is 4.30. The summed E-state index contributed by atoms with van der Waals surface area (Å²) >= 11 is 0. The zero-order valence-corrected chi connectivity index (χ0v) is 9.69. The molecule has 86 valence electrons. The van der Waals surface area contributed by atoms with Crippen molar-refractivity contribution >= 4 is 10.9 Å². The zero-order chi connectivity index (χ0) is 11.5. The third kappa shape index (κ3) is 2.10. The summed E-state index contributed by atoms with van der Waals surface area (Å²) in [5.74, 6) is 0. The molecule has 3 nitrogen and oxygen atoms in total. The molecule has 0 bridgehead atoms. The summed E-state index contributed by atoms with van der Waals surface area (Å²) in [7, 11) is 2.09. The summed E-state index contributed by atoms with van der Waals surface area (Å²) in [5.41, 5.74) is 14.1. The number of nitrogens with two attached hydrogens (primary N) is 2. The lowest BCUT2D eigenvalue weighted by molar-refractivity contribution is 0.601. The van der Waals surface area contributed by atoms with Gasteiger partial charge in [0.15, 0.2) is 0 Å². The number of para-hydroxylation sites is 1. The Morgan fingerprint density at radius 2 is 2.06 bits per heavy atom. The highest BCUT2D eigenvalue weighted by molar-refractivity contribution is 5.81. The molecule has 0 saturated carbocycles. The molecule has 1 atom stereocenters. The normalized spacial score (nSPS) is 13.2. The summed E-state index contributed by atoms with van der Waals surface area (Å²) in [4.78, 5) is 0. The number of fused-ring (bicyclic) bond motifs is 1. The molecule has 1 aromatic carbocycles. The summed E-state index contributed by atoms with van der Waals surface area (Å²) in [6, 6.07) is 10.8. The first-order chi connectivity index (χ1) is 7.72. The number of aryl methyl sites for hydroxylation is 1. The van der Waals surface area contributed by atoms with Gasteiger partial charge in [0.05, 0.1) is 0 Å². The molecular formula is C13H19N3. The Bertz CT molecular complexity index is 473. The van der Waals surface area contributed by atoms with E-state index in [0.717, 1.165) is 12.8 Å². The van der Waals surface area contributed by atoms with Crippen molar-refractivity contribution in [3.05, 3.63) is 36.0 Å². The lowest BCUT2D eigenvalue weighted by Crippen LogP contribution is -2.26. The molecule has 16 heavy (non-hydrogen) atoms. The van der Waals surface area contributed by atoms with Gasteiger partial charge in [-0.15, -0.1) is 0 Å². The van der Waals surface area contributed by atoms with Crippen LogP contribution in [0.25, 0.3) is 10.9 Å². The van der Waals surface area contributed by atoms with Crippen LogP contribution >= 0.6 is 0 Å². The molecule has 1 aromatic heterocycles. The van der Waals surface area contributed by atoms with E-state index in [2.05, 4.69) is 41.9 Å². The zero-order valence-electron chi connectivity index (χ0n) is 9.69. The summed E-state index contributed by atoms with van der Waals surface area (Å²) in [6.07, 6.45) is 1.77. The van der Waals surface area contributed by atoms with E-state index in [1.54, 1.807) is 0 Å². The van der Waals surface area contributed by atoms with Crippen LogP contribution in [-0.2, 0) is 13.5 Å². The van der Waals surface area contributed by atoms with Gasteiger partial charge in [-0.05, 0) is 30.5 Å². The van der Waals surface area contributed by atoms with Crippen molar-refractivity contribution in [3.63, 3.8) is 0 Å². The number of hydrogen-bond acceptors (Lipinski definition) is 2. The van der Waals surface area contributed by atoms with Gasteiger partial charge in [0, 0.05) is 30.7 Å². The first kappa shape index (κ1) is 11.2. The standard InChI is InChI=1S/C13H19N3/c1-16-12(9-11(15)6-7-14)8-10-4-2-3-5-13(10)16/h2-5,8,11H,6-7,9,14-15H2,1H3. The third-order valence-corrected chi connectivity index (χ3v) is 3.06. The number of benzene rings is 1. The Hall–Kier alpha value is -1.32. The van der Waals surface area contributed by atoms with Gasteiger partial charge in [0.25, 0.3) is 0 Å². The van der Waals surface area contributed by atoms with E-state index < -0.39 is 0 Å². The molecule has 0 fully saturated rings. The number of hydrogen-bond donors (Lipinski definition) is 2. The van der Waals surface area contributed by atoms with Crippen molar-refractivity contribution in [2.75, 3.05) is 6.54 Å². The second kappa shape index (κ2) is 4.68. The molecule has 0 spiro atoms. The van der Waals surface area contributed by atoms with E-state index in [1.165, 1.54) is 16.6 Å². The van der Waals surface area contributed by atoms with Gasteiger partial charge in [-0.1, -0.05) is 18.2 Å². The molecule has 0 radical (unpaired) electrons. The first-order valence-corrected chi connectivity index (χ1v) is 5.71. The molecule has 0 aliphatic carbocycles. The summed E-state index contributed by atoms with van der Waals surface area (Å²) in [6.45, 7) is 0.658. The van der Waals surface area contributed by atoms with Crippen LogP contribution in [0.2, 0.25) is 0 Å². The van der Waals surface area contributed by atoms with Crippen LogP contribution in [0.5, 0.6) is 0 Å². The van der Waals surface area contributed by atoms with Crippen LogP contribution in [0.3, 0.4) is 0 Å². The highest BCUT2D eigenvalue weighted by Crippen LogP contribution is 2.19.